The molecule has 0 saturated carbocycles. The van der Waals surface area contributed by atoms with E-state index in [2.05, 4.69) is 31.0 Å². The van der Waals surface area contributed by atoms with Crippen LogP contribution in [0.15, 0.2) is 38.8 Å². The SMILES string of the molecule is COCCn1c(=NC(=O)C2CCCN(S(=O)(=O)c3cccs3)C2)sc2c(C)cc(C)cc21. The van der Waals surface area contributed by atoms with Gasteiger partial charge in [0, 0.05) is 26.7 Å². The number of carbonyl (C=O) groups excluding carboxylic acids is 1. The number of amides is 1. The number of aromatic nitrogens is 1. The molecule has 1 aromatic carbocycles. The minimum atomic E-state index is -3.57. The Morgan fingerprint density at radius 3 is 2.84 bits per heavy atom. The third-order valence-electron chi connectivity index (χ3n) is 5.66. The van der Waals surface area contributed by atoms with Crippen LogP contribution in [0.1, 0.15) is 24.0 Å². The van der Waals surface area contributed by atoms with E-state index in [1.165, 1.54) is 27.0 Å². The summed E-state index contributed by atoms with van der Waals surface area (Å²) in [7, 11) is -1.92. The van der Waals surface area contributed by atoms with Crippen molar-refractivity contribution in [2.24, 2.45) is 10.9 Å². The maximum absolute atomic E-state index is 13.2. The fraction of sp³-hybridized carbons (Fsp3) is 0.455. The Labute approximate surface area is 196 Å². The van der Waals surface area contributed by atoms with Crippen LogP contribution < -0.4 is 4.80 Å². The Morgan fingerprint density at radius 1 is 1.31 bits per heavy atom. The fourth-order valence-corrected chi connectivity index (χ4v) is 7.86. The second-order valence-corrected chi connectivity index (χ2v) is 12.1. The van der Waals surface area contributed by atoms with Crippen LogP contribution in [0.3, 0.4) is 0 Å². The Bertz CT molecular complexity index is 1290. The van der Waals surface area contributed by atoms with Crippen LogP contribution in [0.5, 0.6) is 0 Å². The van der Waals surface area contributed by atoms with Gasteiger partial charge in [0.05, 0.1) is 22.7 Å². The first kappa shape index (κ1) is 23.3. The summed E-state index contributed by atoms with van der Waals surface area (Å²) in [5, 5.41) is 1.75. The largest absolute Gasteiger partial charge is 0.383 e. The molecule has 3 heterocycles. The van der Waals surface area contributed by atoms with Gasteiger partial charge in [0.15, 0.2) is 4.80 Å². The monoisotopic (exact) mass is 493 g/mol. The zero-order valence-electron chi connectivity index (χ0n) is 18.4. The van der Waals surface area contributed by atoms with Gasteiger partial charge in [-0.25, -0.2) is 8.42 Å². The molecule has 0 radical (unpaired) electrons. The smallest absolute Gasteiger partial charge is 0.252 e. The maximum atomic E-state index is 13.2. The van der Waals surface area contributed by atoms with Crippen molar-refractivity contribution in [3.63, 3.8) is 0 Å². The van der Waals surface area contributed by atoms with E-state index < -0.39 is 15.9 Å². The zero-order valence-corrected chi connectivity index (χ0v) is 20.9. The van der Waals surface area contributed by atoms with E-state index in [4.69, 9.17) is 4.74 Å². The van der Waals surface area contributed by atoms with E-state index in [1.54, 1.807) is 24.6 Å². The molecule has 1 atom stereocenters. The topological polar surface area (TPSA) is 81.0 Å². The molecule has 4 rings (SSSR count). The van der Waals surface area contributed by atoms with Gasteiger partial charge >= 0.3 is 0 Å². The van der Waals surface area contributed by atoms with E-state index in [1.807, 2.05) is 4.57 Å². The first-order valence-electron chi connectivity index (χ1n) is 10.5. The van der Waals surface area contributed by atoms with Gasteiger partial charge in [-0.3, -0.25) is 4.79 Å². The average molecular weight is 494 g/mol. The Balaban J connectivity index is 1.66. The summed E-state index contributed by atoms with van der Waals surface area (Å²) in [5.41, 5.74) is 3.34. The fourth-order valence-electron chi connectivity index (χ4n) is 4.08. The number of piperidine rings is 1. The van der Waals surface area contributed by atoms with Crippen molar-refractivity contribution in [2.45, 2.75) is 37.4 Å². The predicted octanol–water partition coefficient (Wildman–Crippen LogP) is 3.56. The van der Waals surface area contributed by atoms with Crippen LogP contribution in [0.25, 0.3) is 10.2 Å². The molecule has 0 aliphatic carbocycles. The van der Waals surface area contributed by atoms with Crippen molar-refractivity contribution in [3.05, 3.63) is 45.6 Å². The molecule has 0 N–H and O–H groups in total. The molecule has 1 amide bonds. The molecule has 1 saturated heterocycles. The molecule has 10 heteroatoms. The summed E-state index contributed by atoms with van der Waals surface area (Å²) < 4.78 is 36.0. The van der Waals surface area contributed by atoms with Gasteiger partial charge in [-0.1, -0.05) is 23.5 Å². The number of thiazole rings is 1. The van der Waals surface area contributed by atoms with E-state index in [0.29, 0.717) is 41.5 Å². The molecule has 0 bridgehead atoms. The van der Waals surface area contributed by atoms with Crippen molar-refractivity contribution < 1.29 is 17.9 Å². The van der Waals surface area contributed by atoms with Gasteiger partial charge in [-0.05, 0) is 55.3 Å². The lowest BCUT2D eigenvalue weighted by Gasteiger charge is -2.29. The number of aryl methyl sites for hydroxylation is 2. The number of rotatable bonds is 6. The third kappa shape index (κ3) is 4.60. The zero-order chi connectivity index (χ0) is 22.9. The van der Waals surface area contributed by atoms with Crippen LogP contribution in [0.4, 0.5) is 0 Å². The summed E-state index contributed by atoms with van der Waals surface area (Å²) >= 11 is 2.69. The number of carbonyl (C=O) groups is 1. The van der Waals surface area contributed by atoms with Crippen molar-refractivity contribution >= 4 is 48.8 Å². The third-order valence-corrected chi connectivity index (χ3v) is 10.1. The number of fused-ring (bicyclic) bond motifs is 1. The number of nitrogens with zero attached hydrogens (tertiary/aromatic N) is 3. The van der Waals surface area contributed by atoms with Crippen LogP contribution in [-0.2, 0) is 26.1 Å². The highest BCUT2D eigenvalue weighted by atomic mass is 32.2. The summed E-state index contributed by atoms with van der Waals surface area (Å²) in [4.78, 5) is 18.3. The number of thiophene rings is 1. The minimum Gasteiger partial charge on any atom is -0.383 e. The molecule has 32 heavy (non-hydrogen) atoms. The van der Waals surface area contributed by atoms with Crippen LogP contribution >= 0.6 is 22.7 Å². The van der Waals surface area contributed by atoms with Gasteiger partial charge in [0.2, 0.25) is 0 Å². The van der Waals surface area contributed by atoms with E-state index in [-0.39, 0.29) is 12.5 Å². The molecule has 1 unspecified atom stereocenters. The molecule has 1 aliphatic rings. The standard InChI is InChI=1S/C22H27N3O4S3/c1-15-12-16(2)20-18(13-15)25(9-10-29-3)22(31-20)23-21(26)17-6-4-8-24(14-17)32(27,28)19-7-5-11-30-19/h5,7,11-13,17H,4,6,8-10,14H2,1-3H3. The molecule has 7 nitrogen and oxygen atoms in total. The van der Waals surface area contributed by atoms with Crippen molar-refractivity contribution in [3.8, 4) is 0 Å². The van der Waals surface area contributed by atoms with Gasteiger partial charge in [0.25, 0.3) is 15.9 Å². The van der Waals surface area contributed by atoms with Gasteiger partial charge in [-0.2, -0.15) is 9.30 Å². The molecule has 1 fully saturated rings. The quantitative estimate of drug-likeness (QED) is 0.526. The summed E-state index contributed by atoms with van der Waals surface area (Å²) in [6.07, 6.45) is 1.28. The van der Waals surface area contributed by atoms with E-state index in [0.717, 1.165) is 21.3 Å². The van der Waals surface area contributed by atoms with Crippen LogP contribution in [0.2, 0.25) is 0 Å². The van der Waals surface area contributed by atoms with Crippen molar-refractivity contribution in [2.75, 3.05) is 26.8 Å². The number of benzene rings is 1. The molecule has 0 spiro atoms. The van der Waals surface area contributed by atoms with Crippen molar-refractivity contribution in [1.82, 2.24) is 8.87 Å². The number of sulfonamides is 1. The molecule has 3 aromatic rings. The predicted molar refractivity (Wildman–Crippen MR) is 128 cm³/mol. The first-order valence-corrected chi connectivity index (χ1v) is 13.7. The lowest BCUT2D eigenvalue weighted by atomic mass is 9.99. The minimum absolute atomic E-state index is 0.170. The second-order valence-electron chi connectivity index (χ2n) is 8.04. The van der Waals surface area contributed by atoms with Crippen LogP contribution in [0, 0.1) is 19.8 Å². The molecule has 2 aromatic heterocycles. The molecular formula is C22H27N3O4S3. The number of hydrogen-bond donors (Lipinski definition) is 0. The number of hydrogen-bond acceptors (Lipinski definition) is 6. The lowest BCUT2D eigenvalue weighted by molar-refractivity contribution is -0.122. The average Bonchev–Trinajstić information content (AvgIpc) is 3.42. The van der Waals surface area contributed by atoms with Gasteiger partial charge in [0.1, 0.15) is 4.21 Å². The summed E-state index contributed by atoms with van der Waals surface area (Å²) in [6.45, 7) is 5.82. The maximum Gasteiger partial charge on any atom is 0.252 e. The van der Waals surface area contributed by atoms with Crippen LogP contribution in [-0.4, -0.2) is 50.0 Å². The number of ether oxygens (including phenoxy) is 1. The molecule has 172 valence electrons. The van der Waals surface area contributed by atoms with E-state index in [9.17, 15) is 13.2 Å². The van der Waals surface area contributed by atoms with Gasteiger partial charge < -0.3 is 9.30 Å². The first-order chi connectivity index (χ1) is 15.3. The highest BCUT2D eigenvalue weighted by Crippen LogP contribution is 2.27. The highest BCUT2D eigenvalue weighted by molar-refractivity contribution is 7.91. The summed E-state index contributed by atoms with van der Waals surface area (Å²) in [6, 6.07) is 7.56. The lowest BCUT2D eigenvalue weighted by Crippen LogP contribution is -2.42. The Morgan fingerprint density at radius 2 is 2.12 bits per heavy atom. The second kappa shape index (κ2) is 9.56. The Hall–Kier alpha value is -1.85. The molecular weight excluding hydrogens is 466 g/mol. The Kier molecular flexibility index (Phi) is 6.97. The van der Waals surface area contributed by atoms with E-state index >= 15 is 0 Å². The highest BCUT2D eigenvalue weighted by Gasteiger charge is 2.33. The summed E-state index contributed by atoms with van der Waals surface area (Å²) in [5.74, 6) is -0.703. The number of methoxy groups -OCH3 is 1. The van der Waals surface area contributed by atoms with Gasteiger partial charge in [-0.15, -0.1) is 11.3 Å². The molecule has 1 aliphatic heterocycles. The van der Waals surface area contributed by atoms with Crippen molar-refractivity contribution in [1.29, 1.82) is 0 Å². The normalized spacial score (nSPS) is 18.5.